The van der Waals surface area contributed by atoms with Crippen molar-refractivity contribution in [3.63, 3.8) is 0 Å². The van der Waals surface area contributed by atoms with E-state index in [4.69, 9.17) is 0 Å². The van der Waals surface area contributed by atoms with E-state index in [-0.39, 0.29) is 11.4 Å². The maximum atomic E-state index is 12.6. The van der Waals surface area contributed by atoms with Crippen LogP contribution in [-0.4, -0.2) is 16.6 Å². The number of benzene rings is 2. The van der Waals surface area contributed by atoms with Gasteiger partial charge < -0.3 is 5.21 Å². The van der Waals surface area contributed by atoms with Gasteiger partial charge in [0.2, 0.25) is 11.3 Å². The summed E-state index contributed by atoms with van der Waals surface area (Å²) in [4.78, 5) is 29.0. The predicted octanol–water partition coefficient (Wildman–Crippen LogP) is 2.22. The smallest absolute Gasteiger partial charge is 0.300 e. The zero-order chi connectivity index (χ0) is 15.4. The summed E-state index contributed by atoms with van der Waals surface area (Å²) >= 11 is 0. The van der Waals surface area contributed by atoms with E-state index in [1.807, 2.05) is 13.0 Å². The lowest BCUT2D eigenvalue weighted by molar-refractivity contribution is -0.579. The Labute approximate surface area is 125 Å². The largest absolute Gasteiger partial charge is 0.618 e. The predicted molar refractivity (Wildman–Crippen MR) is 79.5 cm³/mol. The van der Waals surface area contributed by atoms with Gasteiger partial charge in [0.25, 0.3) is 5.69 Å². The summed E-state index contributed by atoms with van der Waals surface area (Å²) in [6.07, 6.45) is 0. The lowest BCUT2D eigenvalue weighted by atomic mass is 9.89. The Morgan fingerprint density at radius 3 is 2.50 bits per heavy atom. The molecule has 0 aliphatic heterocycles. The second kappa shape index (κ2) is 4.21. The lowest BCUT2D eigenvalue weighted by Gasteiger charge is -2.17. The number of ketones is 2. The van der Waals surface area contributed by atoms with E-state index >= 15 is 0 Å². The van der Waals surface area contributed by atoms with Crippen LogP contribution < -0.4 is 4.73 Å². The Morgan fingerprint density at radius 2 is 1.73 bits per heavy atom. The SMILES string of the molecule is Cc1ccc2nc3c([n+]([O-])c2c1)C(=O)C(=O)c1ccccc1-3. The number of rotatable bonds is 0. The van der Waals surface area contributed by atoms with Crippen molar-refractivity contribution in [3.05, 3.63) is 64.5 Å². The third kappa shape index (κ3) is 1.53. The van der Waals surface area contributed by atoms with Crippen LogP contribution in [0, 0.1) is 12.1 Å². The molecule has 1 aromatic heterocycles. The van der Waals surface area contributed by atoms with Gasteiger partial charge >= 0.3 is 5.78 Å². The van der Waals surface area contributed by atoms with Gasteiger partial charge in [0, 0.05) is 17.2 Å². The third-order valence-corrected chi connectivity index (χ3v) is 3.86. The first-order chi connectivity index (χ1) is 10.6. The maximum Gasteiger partial charge on any atom is 0.300 e. The Morgan fingerprint density at radius 1 is 1.00 bits per heavy atom. The first-order valence-corrected chi connectivity index (χ1v) is 6.80. The quantitative estimate of drug-likeness (QED) is 0.361. The molecule has 4 rings (SSSR count). The molecule has 0 bridgehead atoms. The fraction of sp³-hybridized carbons (Fsp3) is 0.0588. The van der Waals surface area contributed by atoms with Crippen LogP contribution in [0.3, 0.4) is 0 Å². The Hall–Kier alpha value is -3.08. The molecule has 0 fully saturated rings. The van der Waals surface area contributed by atoms with Gasteiger partial charge in [-0.3, -0.25) is 9.59 Å². The topological polar surface area (TPSA) is 74.0 Å². The van der Waals surface area contributed by atoms with Crippen LogP contribution >= 0.6 is 0 Å². The molecule has 0 amide bonds. The summed E-state index contributed by atoms with van der Waals surface area (Å²) in [7, 11) is 0. The van der Waals surface area contributed by atoms with Gasteiger partial charge in [0.05, 0.1) is 0 Å². The number of carbonyl (C=O) groups is 2. The molecule has 5 heteroatoms. The number of aromatic nitrogens is 2. The van der Waals surface area contributed by atoms with Crippen LogP contribution in [0.15, 0.2) is 42.5 Å². The molecule has 2 aromatic carbocycles. The van der Waals surface area contributed by atoms with Crippen molar-refractivity contribution in [1.82, 2.24) is 4.98 Å². The van der Waals surface area contributed by atoms with E-state index < -0.39 is 11.6 Å². The van der Waals surface area contributed by atoms with Crippen LogP contribution in [0.2, 0.25) is 0 Å². The Bertz CT molecular complexity index is 993. The highest BCUT2D eigenvalue weighted by atomic mass is 16.5. The van der Waals surface area contributed by atoms with Gasteiger partial charge in [0.15, 0.2) is 0 Å². The van der Waals surface area contributed by atoms with Crippen molar-refractivity contribution in [3.8, 4) is 11.3 Å². The van der Waals surface area contributed by atoms with Gasteiger partial charge in [-0.25, -0.2) is 4.98 Å². The molecule has 0 spiro atoms. The normalized spacial score (nSPS) is 13.1. The van der Waals surface area contributed by atoms with Crippen LogP contribution in [0.5, 0.6) is 0 Å². The summed E-state index contributed by atoms with van der Waals surface area (Å²) in [6, 6.07) is 12.0. The van der Waals surface area contributed by atoms with E-state index in [2.05, 4.69) is 4.98 Å². The second-order valence-corrected chi connectivity index (χ2v) is 5.30. The van der Waals surface area contributed by atoms with Crippen molar-refractivity contribution < 1.29 is 14.3 Å². The van der Waals surface area contributed by atoms with Crippen molar-refractivity contribution >= 4 is 22.6 Å². The van der Waals surface area contributed by atoms with Crippen LogP contribution in [0.4, 0.5) is 0 Å². The first-order valence-electron chi connectivity index (χ1n) is 6.80. The maximum absolute atomic E-state index is 12.6. The summed E-state index contributed by atoms with van der Waals surface area (Å²) in [5.41, 5.74) is 2.56. The molecule has 0 saturated heterocycles. The highest BCUT2D eigenvalue weighted by Crippen LogP contribution is 2.31. The minimum Gasteiger partial charge on any atom is -0.618 e. The lowest BCUT2D eigenvalue weighted by Crippen LogP contribution is -2.41. The molecule has 22 heavy (non-hydrogen) atoms. The summed E-state index contributed by atoms with van der Waals surface area (Å²) < 4.78 is 0.529. The standard InChI is InChI=1S/C17H10N2O3/c1-9-6-7-12-13(8-9)19(22)15-14(18-12)10-4-2-3-5-11(10)16(20)17(15)21/h2-8H,1H3. The van der Waals surface area contributed by atoms with Crippen molar-refractivity contribution in [1.29, 1.82) is 0 Å². The van der Waals surface area contributed by atoms with E-state index in [0.717, 1.165) is 5.56 Å². The number of carbonyl (C=O) groups excluding carboxylic acids is 2. The van der Waals surface area contributed by atoms with Crippen molar-refractivity contribution in [2.24, 2.45) is 0 Å². The molecule has 5 nitrogen and oxygen atoms in total. The third-order valence-electron chi connectivity index (χ3n) is 3.86. The molecule has 3 aromatic rings. The van der Waals surface area contributed by atoms with E-state index in [0.29, 0.717) is 26.9 Å². The van der Waals surface area contributed by atoms with Crippen molar-refractivity contribution in [2.45, 2.75) is 6.92 Å². The molecule has 1 heterocycles. The number of hydrogen-bond donors (Lipinski definition) is 0. The molecule has 1 aliphatic rings. The Kier molecular flexibility index (Phi) is 2.42. The number of Topliss-reactive ketones (excluding diaryl/α,β-unsaturated/α-hetero) is 2. The molecule has 0 saturated carbocycles. The van der Waals surface area contributed by atoms with Crippen LogP contribution in [-0.2, 0) is 0 Å². The zero-order valence-corrected chi connectivity index (χ0v) is 11.7. The molecular formula is C17H10N2O3. The Balaban J connectivity index is 2.19. The minimum absolute atomic E-state index is 0.193. The molecule has 106 valence electrons. The summed E-state index contributed by atoms with van der Waals surface area (Å²) in [6.45, 7) is 1.85. The average molecular weight is 290 g/mol. The van der Waals surface area contributed by atoms with Gasteiger partial charge in [0.1, 0.15) is 11.2 Å². The molecule has 0 unspecified atom stereocenters. The summed E-state index contributed by atoms with van der Waals surface area (Å²) in [5.74, 6) is -1.47. The fourth-order valence-electron chi connectivity index (χ4n) is 2.79. The van der Waals surface area contributed by atoms with E-state index in [9.17, 15) is 14.8 Å². The van der Waals surface area contributed by atoms with Gasteiger partial charge in [-0.2, -0.15) is 4.73 Å². The average Bonchev–Trinajstić information content (AvgIpc) is 2.53. The number of hydrogen-bond acceptors (Lipinski definition) is 4. The molecule has 1 aliphatic carbocycles. The molecule has 0 radical (unpaired) electrons. The highest BCUT2D eigenvalue weighted by Gasteiger charge is 2.38. The van der Waals surface area contributed by atoms with E-state index in [1.54, 1.807) is 36.4 Å². The van der Waals surface area contributed by atoms with Gasteiger partial charge in [-0.1, -0.05) is 30.3 Å². The van der Waals surface area contributed by atoms with Crippen LogP contribution in [0.25, 0.3) is 22.3 Å². The zero-order valence-electron chi connectivity index (χ0n) is 11.7. The molecule has 0 N–H and O–H groups in total. The van der Waals surface area contributed by atoms with Crippen molar-refractivity contribution in [2.75, 3.05) is 0 Å². The highest BCUT2D eigenvalue weighted by molar-refractivity contribution is 6.52. The van der Waals surface area contributed by atoms with Gasteiger partial charge in [-0.05, 0) is 18.6 Å². The minimum atomic E-state index is -0.806. The molecular weight excluding hydrogens is 280 g/mol. The fourth-order valence-corrected chi connectivity index (χ4v) is 2.79. The summed E-state index contributed by atoms with van der Waals surface area (Å²) in [5, 5.41) is 12.6. The number of nitrogens with zero attached hydrogens (tertiary/aromatic N) is 2. The number of fused-ring (bicyclic) bond motifs is 4. The second-order valence-electron chi connectivity index (χ2n) is 5.30. The first kappa shape index (κ1) is 12.6. The van der Waals surface area contributed by atoms with Gasteiger partial charge in [-0.15, -0.1) is 0 Å². The molecule has 0 atom stereocenters. The van der Waals surface area contributed by atoms with Crippen LogP contribution in [0.1, 0.15) is 26.4 Å². The monoisotopic (exact) mass is 290 g/mol. The van der Waals surface area contributed by atoms with E-state index in [1.165, 1.54) is 0 Å². The number of aryl methyl sites for hydroxylation is 1.